The fourth-order valence-electron chi connectivity index (χ4n) is 2.76. The van der Waals surface area contributed by atoms with E-state index >= 15 is 0 Å². The Labute approximate surface area is 147 Å². The molecule has 0 aliphatic carbocycles. The Hall–Kier alpha value is -2.79. The van der Waals surface area contributed by atoms with Gasteiger partial charge in [-0.3, -0.25) is 9.88 Å². The summed E-state index contributed by atoms with van der Waals surface area (Å²) in [5.41, 5.74) is 2.27. The van der Waals surface area contributed by atoms with Crippen LogP contribution in [-0.2, 0) is 19.6 Å². The third-order valence-corrected chi connectivity index (χ3v) is 3.91. The van der Waals surface area contributed by atoms with Crippen LogP contribution in [0.3, 0.4) is 0 Å². The van der Waals surface area contributed by atoms with Crippen LogP contribution in [0, 0.1) is 0 Å². The number of benzene rings is 1. The maximum atomic E-state index is 5.52. The number of hydrogen-bond donors (Lipinski definition) is 0. The van der Waals surface area contributed by atoms with Gasteiger partial charge in [0.1, 0.15) is 17.3 Å². The Balaban J connectivity index is 1.81. The number of hydrogen-bond acceptors (Lipinski definition) is 5. The largest absolute Gasteiger partial charge is 0.497 e. The van der Waals surface area contributed by atoms with Crippen LogP contribution in [0.4, 0.5) is 0 Å². The molecule has 0 N–H and O–H groups in total. The van der Waals surface area contributed by atoms with E-state index in [1.54, 1.807) is 26.7 Å². The number of furan rings is 1. The van der Waals surface area contributed by atoms with Gasteiger partial charge in [-0.2, -0.15) is 0 Å². The van der Waals surface area contributed by atoms with Gasteiger partial charge in [-0.15, -0.1) is 0 Å². The lowest BCUT2D eigenvalue weighted by Gasteiger charge is -2.22. The Morgan fingerprint density at radius 1 is 0.920 bits per heavy atom. The lowest BCUT2D eigenvalue weighted by molar-refractivity contribution is 0.226. The predicted octanol–water partition coefficient (Wildman–Crippen LogP) is 3.89. The third-order valence-electron chi connectivity index (χ3n) is 3.91. The number of aromatic nitrogens is 1. The quantitative estimate of drug-likeness (QED) is 0.623. The summed E-state index contributed by atoms with van der Waals surface area (Å²) in [5, 5.41) is 0. The zero-order valence-corrected chi connectivity index (χ0v) is 14.5. The highest BCUT2D eigenvalue weighted by Crippen LogP contribution is 2.24. The summed E-state index contributed by atoms with van der Waals surface area (Å²) in [6.07, 6.45) is 5.38. The van der Waals surface area contributed by atoms with Crippen molar-refractivity contribution in [3.63, 3.8) is 0 Å². The Bertz CT molecular complexity index is 751. The first-order valence-corrected chi connectivity index (χ1v) is 8.12. The Kier molecular flexibility index (Phi) is 5.69. The van der Waals surface area contributed by atoms with E-state index in [2.05, 4.69) is 16.0 Å². The highest BCUT2D eigenvalue weighted by atomic mass is 16.5. The molecule has 0 radical (unpaired) electrons. The summed E-state index contributed by atoms with van der Waals surface area (Å²) in [6, 6.07) is 13.9. The molecular weight excluding hydrogens is 316 g/mol. The van der Waals surface area contributed by atoms with E-state index in [4.69, 9.17) is 13.9 Å². The van der Waals surface area contributed by atoms with Crippen molar-refractivity contribution < 1.29 is 13.9 Å². The standard InChI is InChI=1S/C20H22N2O3/c1-23-19-9-17(10-20(11-19)24-2)14-22(15-18-6-4-8-25-18)13-16-5-3-7-21-12-16/h3-12H,13-15H2,1-2H3. The molecule has 3 aromatic rings. The van der Waals surface area contributed by atoms with Gasteiger partial charge in [0, 0.05) is 31.5 Å². The number of methoxy groups -OCH3 is 2. The van der Waals surface area contributed by atoms with Crippen molar-refractivity contribution in [3.05, 3.63) is 78.0 Å². The number of nitrogens with zero attached hydrogens (tertiary/aromatic N) is 2. The fraction of sp³-hybridized carbons (Fsp3) is 0.250. The molecule has 2 heterocycles. The highest BCUT2D eigenvalue weighted by molar-refractivity contribution is 5.38. The topological polar surface area (TPSA) is 47.7 Å². The van der Waals surface area contributed by atoms with Crippen LogP contribution in [0.2, 0.25) is 0 Å². The average molecular weight is 338 g/mol. The Morgan fingerprint density at radius 3 is 2.28 bits per heavy atom. The average Bonchev–Trinajstić information content (AvgIpc) is 3.15. The van der Waals surface area contributed by atoms with Crippen LogP contribution < -0.4 is 9.47 Å². The van der Waals surface area contributed by atoms with Gasteiger partial charge in [0.25, 0.3) is 0 Å². The van der Waals surface area contributed by atoms with E-state index in [1.807, 2.05) is 42.6 Å². The van der Waals surface area contributed by atoms with Crippen molar-refractivity contribution >= 4 is 0 Å². The molecule has 0 saturated heterocycles. The van der Waals surface area contributed by atoms with Crippen molar-refractivity contribution in [1.82, 2.24) is 9.88 Å². The molecule has 130 valence electrons. The molecule has 3 rings (SSSR count). The summed E-state index contributed by atoms with van der Waals surface area (Å²) in [5.74, 6) is 2.50. The molecule has 0 saturated carbocycles. The van der Waals surface area contributed by atoms with Crippen molar-refractivity contribution in [2.24, 2.45) is 0 Å². The minimum Gasteiger partial charge on any atom is -0.497 e. The molecule has 5 nitrogen and oxygen atoms in total. The van der Waals surface area contributed by atoms with Crippen LogP contribution in [0.1, 0.15) is 16.9 Å². The first-order chi connectivity index (χ1) is 12.3. The lowest BCUT2D eigenvalue weighted by atomic mass is 10.1. The monoisotopic (exact) mass is 338 g/mol. The minimum atomic E-state index is 0.710. The van der Waals surface area contributed by atoms with Gasteiger partial charge < -0.3 is 13.9 Å². The molecule has 2 aromatic heterocycles. The number of ether oxygens (including phenoxy) is 2. The maximum Gasteiger partial charge on any atom is 0.122 e. The van der Waals surface area contributed by atoms with Crippen molar-refractivity contribution in [2.45, 2.75) is 19.6 Å². The number of rotatable bonds is 8. The van der Waals surface area contributed by atoms with Crippen LogP contribution in [0.15, 0.2) is 65.5 Å². The molecule has 1 aromatic carbocycles. The third kappa shape index (κ3) is 4.84. The summed E-state index contributed by atoms with van der Waals surface area (Å²) in [7, 11) is 3.32. The first-order valence-electron chi connectivity index (χ1n) is 8.12. The second kappa shape index (κ2) is 8.35. The van der Waals surface area contributed by atoms with Gasteiger partial charge in [0.15, 0.2) is 0 Å². The summed E-state index contributed by atoms with van der Waals surface area (Å²) >= 11 is 0. The second-order valence-corrected chi connectivity index (χ2v) is 5.81. The second-order valence-electron chi connectivity index (χ2n) is 5.81. The predicted molar refractivity (Wildman–Crippen MR) is 95.4 cm³/mol. The van der Waals surface area contributed by atoms with E-state index in [0.717, 1.165) is 41.5 Å². The van der Waals surface area contributed by atoms with Gasteiger partial charge in [0.05, 0.1) is 27.0 Å². The Morgan fingerprint density at radius 2 is 1.68 bits per heavy atom. The molecule has 0 spiro atoms. The summed E-state index contributed by atoms with van der Waals surface area (Å²) < 4.78 is 16.3. The lowest BCUT2D eigenvalue weighted by Crippen LogP contribution is -2.22. The van der Waals surface area contributed by atoms with Gasteiger partial charge in [0.2, 0.25) is 0 Å². The van der Waals surface area contributed by atoms with Crippen LogP contribution in [-0.4, -0.2) is 24.1 Å². The minimum absolute atomic E-state index is 0.710. The van der Waals surface area contributed by atoms with E-state index in [0.29, 0.717) is 6.54 Å². The molecule has 0 aliphatic rings. The van der Waals surface area contributed by atoms with E-state index in [1.165, 1.54) is 0 Å². The molecule has 5 heteroatoms. The van der Waals surface area contributed by atoms with Crippen LogP contribution >= 0.6 is 0 Å². The first kappa shape index (κ1) is 17.0. The van der Waals surface area contributed by atoms with Gasteiger partial charge in [-0.25, -0.2) is 0 Å². The normalized spacial score (nSPS) is 10.8. The SMILES string of the molecule is COc1cc(CN(Cc2cccnc2)Cc2ccco2)cc(OC)c1. The molecule has 25 heavy (non-hydrogen) atoms. The van der Waals surface area contributed by atoms with Gasteiger partial charge in [-0.05, 0) is 41.5 Å². The van der Waals surface area contributed by atoms with E-state index in [9.17, 15) is 0 Å². The highest BCUT2D eigenvalue weighted by Gasteiger charge is 2.12. The molecule has 0 amide bonds. The smallest absolute Gasteiger partial charge is 0.122 e. The van der Waals surface area contributed by atoms with Gasteiger partial charge >= 0.3 is 0 Å². The zero-order valence-electron chi connectivity index (χ0n) is 14.5. The van der Waals surface area contributed by atoms with E-state index in [-0.39, 0.29) is 0 Å². The number of pyridine rings is 1. The molecular formula is C20H22N2O3. The van der Waals surface area contributed by atoms with Crippen LogP contribution in [0.25, 0.3) is 0 Å². The van der Waals surface area contributed by atoms with Crippen molar-refractivity contribution in [3.8, 4) is 11.5 Å². The zero-order chi connectivity index (χ0) is 17.5. The van der Waals surface area contributed by atoms with E-state index < -0.39 is 0 Å². The van der Waals surface area contributed by atoms with Crippen molar-refractivity contribution in [1.29, 1.82) is 0 Å². The van der Waals surface area contributed by atoms with Crippen molar-refractivity contribution in [2.75, 3.05) is 14.2 Å². The fourth-order valence-corrected chi connectivity index (χ4v) is 2.76. The molecule has 0 bridgehead atoms. The molecule has 0 aliphatic heterocycles. The van der Waals surface area contributed by atoms with Crippen LogP contribution in [0.5, 0.6) is 11.5 Å². The summed E-state index contributed by atoms with van der Waals surface area (Å²) in [6.45, 7) is 2.22. The maximum absolute atomic E-state index is 5.52. The summed E-state index contributed by atoms with van der Waals surface area (Å²) in [4.78, 5) is 6.50. The molecule has 0 unspecified atom stereocenters. The van der Waals surface area contributed by atoms with Gasteiger partial charge in [-0.1, -0.05) is 6.07 Å². The molecule has 0 atom stereocenters. The molecule has 0 fully saturated rings.